The van der Waals surface area contributed by atoms with Crippen molar-refractivity contribution in [1.29, 1.82) is 0 Å². The van der Waals surface area contributed by atoms with Crippen LogP contribution in [0.25, 0.3) is 0 Å². The van der Waals surface area contributed by atoms with Gasteiger partial charge in [0, 0.05) is 19.2 Å². The molecule has 0 fully saturated rings. The molecule has 0 unspecified atom stereocenters. The van der Waals surface area contributed by atoms with E-state index in [1.165, 1.54) is 13.1 Å². The lowest BCUT2D eigenvalue weighted by Crippen LogP contribution is -2.49. The summed E-state index contributed by atoms with van der Waals surface area (Å²) >= 11 is 0. The lowest BCUT2D eigenvalue weighted by atomic mass is 9.98. The highest BCUT2D eigenvalue weighted by Gasteiger charge is 2.31. The van der Waals surface area contributed by atoms with Crippen LogP contribution in [0.15, 0.2) is 12.1 Å². The zero-order chi connectivity index (χ0) is 22.9. The van der Waals surface area contributed by atoms with Gasteiger partial charge in [0.25, 0.3) is 11.8 Å². The Morgan fingerprint density at radius 1 is 0.967 bits per heavy atom. The van der Waals surface area contributed by atoms with Crippen LogP contribution >= 0.6 is 0 Å². The zero-order valence-electron chi connectivity index (χ0n) is 19.4. The molecule has 0 aromatic heterocycles. The predicted octanol–water partition coefficient (Wildman–Crippen LogP) is 1.98. The molecule has 8 heteroatoms. The highest BCUT2D eigenvalue weighted by Crippen LogP contribution is 2.21. The molecular formula is C22H37N4O4+. The smallest absolute Gasteiger partial charge is 0.355 e. The Labute approximate surface area is 180 Å². The monoisotopic (exact) mass is 421 g/mol. The van der Waals surface area contributed by atoms with E-state index >= 15 is 0 Å². The number of hydrogen-bond donors (Lipinski definition) is 2. The maximum atomic E-state index is 13.1. The molecule has 30 heavy (non-hydrogen) atoms. The SMILES string of the molecule is CC[N+](CC)(CC)OC(=O)c1cc(C(=O)NC)c(C)cc1C(=O)NCCCN(C)C. The van der Waals surface area contributed by atoms with Crippen molar-refractivity contribution in [3.05, 3.63) is 34.4 Å². The third-order valence-electron chi connectivity index (χ3n) is 5.37. The standard InChI is InChI=1S/C22H36N4O4/c1-8-26(9-2,10-3)30-22(29)19-15-17(20(27)23-5)16(4)14-18(19)21(28)24-12-11-13-25(6)7/h14-15H,8-13H2,1-7H3,(H-,23,24,27,28)/p+1. The number of amides is 2. The predicted molar refractivity (Wildman–Crippen MR) is 117 cm³/mol. The van der Waals surface area contributed by atoms with Gasteiger partial charge in [-0.05, 0) is 72.5 Å². The van der Waals surface area contributed by atoms with Crippen LogP contribution in [0, 0.1) is 6.92 Å². The van der Waals surface area contributed by atoms with Gasteiger partial charge in [0.15, 0.2) is 0 Å². The van der Waals surface area contributed by atoms with Gasteiger partial charge in [0.05, 0.1) is 11.1 Å². The molecular weight excluding hydrogens is 384 g/mol. The molecule has 0 saturated heterocycles. The van der Waals surface area contributed by atoms with Crippen molar-refractivity contribution < 1.29 is 23.9 Å². The highest BCUT2D eigenvalue weighted by molar-refractivity contribution is 6.08. The van der Waals surface area contributed by atoms with Crippen molar-refractivity contribution in [2.24, 2.45) is 0 Å². The number of nitrogens with zero attached hydrogens (tertiary/aromatic N) is 2. The van der Waals surface area contributed by atoms with E-state index in [0.29, 0.717) is 37.3 Å². The Kier molecular flexibility index (Phi) is 9.95. The molecule has 0 saturated carbocycles. The Morgan fingerprint density at radius 2 is 1.57 bits per heavy atom. The van der Waals surface area contributed by atoms with Crippen LogP contribution in [-0.4, -0.2) is 81.2 Å². The third-order valence-corrected chi connectivity index (χ3v) is 5.37. The van der Waals surface area contributed by atoms with Gasteiger partial charge in [0.1, 0.15) is 19.6 Å². The molecule has 2 N–H and O–H groups in total. The Balaban J connectivity index is 3.29. The minimum atomic E-state index is -0.607. The fraction of sp³-hybridized carbons (Fsp3) is 0.591. The molecule has 0 aliphatic heterocycles. The molecule has 1 aromatic rings. The van der Waals surface area contributed by atoms with Crippen LogP contribution in [0.2, 0.25) is 0 Å². The number of benzene rings is 1. The first-order valence-corrected chi connectivity index (χ1v) is 10.5. The number of rotatable bonds is 11. The maximum absolute atomic E-state index is 13.1. The molecule has 0 heterocycles. The molecule has 0 radical (unpaired) electrons. The van der Waals surface area contributed by atoms with E-state index in [-0.39, 0.29) is 27.6 Å². The average molecular weight is 422 g/mol. The van der Waals surface area contributed by atoms with E-state index < -0.39 is 5.97 Å². The van der Waals surface area contributed by atoms with Gasteiger partial charge >= 0.3 is 5.97 Å². The van der Waals surface area contributed by atoms with Crippen LogP contribution in [-0.2, 0) is 4.84 Å². The quantitative estimate of drug-likeness (QED) is 0.324. The van der Waals surface area contributed by atoms with E-state index in [2.05, 4.69) is 10.6 Å². The number of hydroxylamine groups is 3. The van der Waals surface area contributed by atoms with Crippen LogP contribution < -0.4 is 10.6 Å². The van der Waals surface area contributed by atoms with E-state index in [0.717, 1.165) is 13.0 Å². The molecule has 0 aliphatic carbocycles. The number of carbonyl (C=O) groups excluding carboxylic acids is 3. The fourth-order valence-electron chi connectivity index (χ4n) is 3.23. The summed E-state index contributed by atoms with van der Waals surface area (Å²) in [6, 6.07) is 3.04. The van der Waals surface area contributed by atoms with E-state index in [1.807, 2.05) is 39.8 Å². The summed E-state index contributed by atoms with van der Waals surface area (Å²) < 4.78 is 0.145. The van der Waals surface area contributed by atoms with Crippen molar-refractivity contribution in [2.45, 2.75) is 34.1 Å². The largest absolute Gasteiger partial charge is 0.398 e. The lowest BCUT2D eigenvalue weighted by molar-refractivity contribution is -1.08. The topological polar surface area (TPSA) is 87.7 Å². The first-order valence-electron chi connectivity index (χ1n) is 10.5. The van der Waals surface area contributed by atoms with Crippen molar-refractivity contribution in [1.82, 2.24) is 15.5 Å². The number of quaternary nitrogens is 1. The summed E-state index contributed by atoms with van der Waals surface area (Å²) in [5.74, 6) is -1.28. The summed E-state index contributed by atoms with van der Waals surface area (Å²) in [5, 5.41) is 5.44. The lowest BCUT2D eigenvalue weighted by Gasteiger charge is -2.31. The average Bonchev–Trinajstić information content (AvgIpc) is 2.73. The van der Waals surface area contributed by atoms with Crippen LogP contribution in [0.1, 0.15) is 63.8 Å². The van der Waals surface area contributed by atoms with Gasteiger partial charge in [-0.3, -0.25) is 14.4 Å². The van der Waals surface area contributed by atoms with E-state index in [4.69, 9.17) is 4.84 Å². The summed E-state index contributed by atoms with van der Waals surface area (Å²) in [4.78, 5) is 46.0. The molecule has 168 valence electrons. The number of hydrogen-bond acceptors (Lipinski definition) is 5. The van der Waals surface area contributed by atoms with Gasteiger partial charge < -0.3 is 15.5 Å². The van der Waals surface area contributed by atoms with Crippen molar-refractivity contribution in [3.8, 4) is 0 Å². The van der Waals surface area contributed by atoms with E-state index in [9.17, 15) is 14.4 Å². The zero-order valence-corrected chi connectivity index (χ0v) is 19.4. The first-order chi connectivity index (χ1) is 14.1. The minimum absolute atomic E-state index is 0.0992. The van der Waals surface area contributed by atoms with Gasteiger partial charge in [-0.2, -0.15) is 0 Å². The van der Waals surface area contributed by atoms with Crippen molar-refractivity contribution in [2.75, 3.05) is 53.9 Å². The molecule has 8 nitrogen and oxygen atoms in total. The normalized spacial score (nSPS) is 11.3. The molecule has 1 aromatic carbocycles. The second kappa shape index (κ2) is 11.7. The fourth-order valence-corrected chi connectivity index (χ4v) is 3.23. The van der Waals surface area contributed by atoms with Gasteiger partial charge in [-0.25, -0.2) is 4.79 Å². The maximum Gasteiger partial charge on any atom is 0.398 e. The van der Waals surface area contributed by atoms with Crippen molar-refractivity contribution >= 4 is 17.8 Å². The van der Waals surface area contributed by atoms with Crippen LogP contribution in [0.4, 0.5) is 0 Å². The van der Waals surface area contributed by atoms with E-state index in [1.54, 1.807) is 13.0 Å². The van der Waals surface area contributed by atoms with Gasteiger partial charge in [-0.15, -0.1) is 4.65 Å². The Morgan fingerprint density at radius 3 is 2.07 bits per heavy atom. The number of carbonyl (C=O) groups is 3. The van der Waals surface area contributed by atoms with Crippen molar-refractivity contribution in [3.63, 3.8) is 0 Å². The molecule has 1 rings (SSSR count). The number of aryl methyl sites for hydroxylation is 1. The molecule has 0 aliphatic rings. The highest BCUT2D eigenvalue weighted by atomic mass is 16.7. The number of nitrogens with one attached hydrogen (secondary N) is 2. The first kappa shape index (κ1) is 25.6. The summed E-state index contributed by atoms with van der Waals surface area (Å²) in [5.41, 5.74) is 1.28. The van der Waals surface area contributed by atoms with Gasteiger partial charge in [0.2, 0.25) is 0 Å². The molecule has 0 spiro atoms. The molecule has 2 amide bonds. The summed E-state index contributed by atoms with van der Waals surface area (Å²) in [6.45, 7) is 10.7. The minimum Gasteiger partial charge on any atom is -0.355 e. The second-order valence-electron chi connectivity index (χ2n) is 7.59. The molecule has 0 bridgehead atoms. The van der Waals surface area contributed by atoms with Crippen LogP contribution in [0.5, 0.6) is 0 Å². The summed E-state index contributed by atoms with van der Waals surface area (Å²) in [6.07, 6.45) is 0.787. The molecule has 0 atom stereocenters. The third kappa shape index (κ3) is 6.53. The summed E-state index contributed by atoms with van der Waals surface area (Å²) in [7, 11) is 5.46. The Hall–Kier alpha value is -2.45. The van der Waals surface area contributed by atoms with Gasteiger partial charge in [-0.1, -0.05) is 0 Å². The van der Waals surface area contributed by atoms with Crippen LogP contribution in [0.3, 0.4) is 0 Å². The second-order valence-corrected chi connectivity index (χ2v) is 7.59. The Bertz CT molecular complexity index is 749.